The van der Waals surface area contributed by atoms with Gasteiger partial charge in [0.05, 0.1) is 29.7 Å². The van der Waals surface area contributed by atoms with Crippen LogP contribution in [0.4, 0.5) is 0 Å². The zero-order valence-corrected chi connectivity index (χ0v) is 10.3. The van der Waals surface area contributed by atoms with Crippen molar-refractivity contribution in [3.8, 4) is 6.07 Å². The van der Waals surface area contributed by atoms with Gasteiger partial charge in [-0.15, -0.1) is 0 Å². The lowest BCUT2D eigenvalue weighted by Crippen LogP contribution is -2.15. The Morgan fingerprint density at radius 3 is 3.21 bits per heavy atom. The van der Waals surface area contributed by atoms with Crippen LogP contribution in [0.15, 0.2) is 30.9 Å². The largest absolute Gasteiger partial charge is 0.459 e. The summed E-state index contributed by atoms with van der Waals surface area (Å²) in [5.74, 6) is -0.303. The number of imidazole rings is 1. The van der Waals surface area contributed by atoms with Gasteiger partial charge < -0.3 is 9.14 Å². The molecule has 0 saturated heterocycles. The van der Waals surface area contributed by atoms with E-state index in [1.54, 1.807) is 30.9 Å². The van der Waals surface area contributed by atoms with Crippen molar-refractivity contribution in [3.63, 3.8) is 0 Å². The van der Waals surface area contributed by atoms with Crippen molar-refractivity contribution in [2.45, 2.75) is 25.4 Å². The molecule has 0 amide bonds. The van der Waals surface area contributed by atoms with Crippen LogP contribution in [-0.2, 0) is 4.74 Å². The van der Waals surface area contributed by atoms with Crippen molar-refractivity contribution in [1.29, 1.82) is 5.26 Å². The third-order valence-electron chi connectivity index (χ3n) is 3.49. The smallest absolute Gasteiger partial charge is 0.338 e. The van der Waals surface area contributed by atoms with Crippen molar-refractivity contribution in [3.05, 3.63) is 36.4 Å². The fourth-order valence-corrected chi connectivity index (χ4v) is 2.43. The molecule has 3 rings (SSSR count). The van der Waals surface area contributed by atoms with E-state index in [1.165, 1.54) is 0 Å². The van der Waals surface area contributed by atoms with Crippen LogP contribution in [0, 0.1) is 17.2 Å². The molecule has 96 valence electrons. The second-order valence-corrected chi connectivity index (χ2v) is 4.81. The first-order chi connectivity index (χ1) is 9.26. The topological polar surface area (TPSA) is 67.4 Å². The van der Waals surface area contributed by atoms with E-state index in [4.69, 9.17) is 10.00 Å². The lowest BCUT2D eigenvalue weighted by molar-refractivity contribution is 0.0313. The van der Waals surface area contributed by atoms with Crippen LogP contribution in [0.1, 0.15) is 29.6 Å². The first kappa shape index (κ1) is 11.7. The van der Waals surface area contributed by atoms with Gasteiger partial charge in [-0.3, -0.25) is 0 Å². The normalized spacial score (nSPS) is 22.3. The first-order valence-electron chi connectivity index (χ1n) is 6.28. The van der Waals surface area contributed by atoms with E-state index in [-0.39, 0.29) is 18.0 Å². The van der Waals surface area contributed by atoms with Gasteiger partial charge in [0.25, 0.3) is 0 Å². The summed E-state index contributed by atoms with van der Waals surface area (Å²) in [5, 5.41) is 8.83. The maximum absolute atomic E-state index is 12.0. The minimum absolute atomic E-state index is 0.0232. The Labute approximate surface area is 110 Å². The fourth-order valence-electron chi connectivity index (χ4n) is 2.43. The predicted molar refractivity (Wildman–Crippen MR) is 67.3 cm³/mol. The molecule has 2 heterocycles. The summed E-state index contributed by atoms with van der Waals surface area (Å²) < 4.78 is 7.27. The summed E-state index contributed by atoms with van der Waals surface area (Å²) in [6.07, 6.45) is 7.27. The van der Waals surface area contributed by atoms with Crippen molar-refractivity contribution in [2.75, 3.05) is 0 Å². The number of aromatic nitrogens is 2. The monoisotopic (exact) mass is 255 g/mol. The molecule has 2 aromatic rings. The number of nitrogens with zero attached hydrogens (tertiary/aromatic N) is 3. The van der Waals surface area contributed by atoms with Crippen LogP contribution in [-0.4, -0.2) is 21.5 Å². The average molecular weight is 255 g/mol. The number of carbonyl (C=O) groups is 1. The van der Waals surface area contributed by atoms with E-state index in [1.807, 2.05) is 4.40 Å². The lowest BCUT2D eigenvalue weighted by atomic mass is 10.1. The highest BCUT2D eigenvalue weighted by Crippen LogP contribution is 2.27. The van der Waals surface area contributed by atoms with Crippen LogP contribution in [0.5, 0.6) is 0 Å². The van der Waals surface area contributed by atoms with Crippen LogP contribution in [0.3, 0.4) is 0 Å². The standard InChI is InChI=1S/C14H13N3O2/c15-7-10-1-2-13(5-10)19-14(18)11-3-4-17-9-16-8-12(17)6-11/h3-4,6,8-10,13H,1-2,5H2. The molecular weight excluding hydrogens is 242 g/mol. The quantitative estimate of drug-likeness (QED) is 0.771. The summed E-state index contributed by atoms with van der Waals surface area (Å²) in [7, 11) is 0. The molecule has 5 heteroatoms. The number of carbonyl (C=O) groups excluding carboxylic acids is 1. The number of hydrogen-bond donors (Lipinski definition) is 0. The Morgan fingerprint density at radius 1 is 1.53 bits per heavy atom. The minimum Gasteiger partial charge on any atom is -0.459 e. The lowest BCUT2D eigenvalue weighted by Gasteiger charge is -2.11. The summed E-state index contributed by atoms with van der Waals surface area (Å²) in [6.45, 7) is 0. The number of pyridine rings is 1. The van der Waals surface area contributed by atoms with Gasteiger partial charge in [-0.05, 0) is 25.0 Å². The molecule has 0 N–H and O–H groups in total. The predicted octanol–water partition coefficient (Wildman–Crippen LogP) is 2.18. The van der Waals surface area contributed by atoms with Gasteiger partial charge in [0.1, 0.15) is 6.10 Å². The van der Waals surface area contributed by atoms with Crippen LogP contribution in [0.2, 0.25) is 0 Å². The molecular formula is C14H13N3O2. The van der Waals surface area contributed by atoms with Gasteiger partial charge in [0.15, 0.2) is 0 Å². The van der Waals surface area contributed by atoms with Gasteiger partial charge in [0.2, 0.25) is 0 Å². The molecule has 2 unspecified atom stereocenters. The highest BCUT2D eigenvalue weighted by Gasteiger charge is 2.27. The summed E-state index contributed by atoms with van der Waals surface area (Å²) in [5.41, 5.74) is 1.38. The number of nitriles is 1. The van der Waals surface area contributed by atoms with E-state index in [9.17, 15) is 4.79 Å². The van der Waals surface area contributed by atoms with E-state index in [2.05, 4.69) is 11.1 Å². The molecule has 1 fully saturated rings. The number of rotatable bonds is 2. The number of ether oxygens (including phenoxy) is 1. The number of fused-ring (bicyclic) bond motifs is 1. The molecule has 0 spiro atoms. The molecule has 2 aromatic heterocycles. The highest BCUT2D eigenvalue weighted by atomic mass is 16.5. The van der Waals surface area contributed by atoms with Gasteiger partial charge >= 0.3 is 5.97 Å². The summed E-state index contributed by atoms with van der Waals surface area (Å²) in [4.78, 5) is 16.0. The Morgan fingerprint density at radius 2 is 2.42 bits per heavy atom. The molecule has 0 aromatic carbocycles. The van der Waals surface area contributed by atoms with Gasteiger partial charge in [-0.1, -0.05) is 0 Å². The molecule has 0 radical (unpaired) electrons. The number of esters is 1. The van der Waals surface area contributed by atoms with Gasteiger partial charge in [-0.2, -0.15) is 5.26 Å². The van der Waals surface area contributed by atoms with E-state index < -0.39 is 0 Å². The second-order valence-electron chi connectivity index (χ2n) is 4.81. The first-order valence-corrected chi connectivity index (χ1v) is 6.28. The molecule has 5 nitrogen and oxygen atoms in total. The third kappa shape index (κ3) is 2.29. The van der Waals surface area contributed by atoms with Crippen LogP contribution >= 0.6 is 0 Å². The molecule has 1 aliphatic rings. The molecule has 0 aliphatic heterocycles. The number of hydrogen-bond acceptors (Lipinski definition) is 4. The van der Waals surface area contributed by atoms with Gasteiger partial charge in [0, 0.05) is 18.5 Å². The third-order valence-corrected chi connectivity index (χ3v) is 3.49. The van der Waals surface area contributed by atoms with Crippen molar-refractivity contribution >= 4 is 11.5 Å². The second kappa shape index (κ2) is 4.73. The Bertz CT molecular complexity index is 656. The molecule has 1 aliphatic carbocycles. The zero-order valence-electron chi connectivity index (χ0n) is 10.3. The maximum atomic E-state index is 12.0. The molecule has 0 bridgehead atoms. The zero-order chi connectivity index (χ0) is 13.2. The Balaban J connectivity index is 1.72. The molecule has 1 saturated carbocycles. The van der Waals surface area contributed by atoms with E-state index in [0.717, 1.165) is 18.4 Å². The summed E-state index contributed by atoms with van der Waals surface area (Å²) >= 11 is 0. The SMILES string of the molecule is N#CC1CCC(OC(=O)c2ccn3cncc3c2)C1. The molecule has 2 atom stereocenters. The maximum Gasteiger partial charge on any atom is 0.338 e. The van der Waals surface area contributed by atoms with Crippen LogP contribution in [0.25, 0.3) is 5.52 Å². The van der Waals surface area contributed by atoms with Crippen LogP contribution < -0.4 is 0 Å². The fraction of sp³-hybridized carbons (Fsp3) is 0.357. The van der Waals surface area contributed by atoms with Gasteiger partial charge in [-0.25, -0.2) is 9.78 Å². The summed E-state index contributed by atoms with van der Waals surface area (Å²) in [6, 6.07) is 5.70. The van der Waals surface area contributed by atoms with Crippen molar-refractivity contribution in [1.82, 2.24) is 9.38 Å². The van der Waals surface area contributed by atoms with Crippen molar-refractivity contribution in [2.24, 2.45) is 5.92 Å². The van der Waals surface area contributed by atoms with Crippen molar-refractivity contribution < 1.29 is 9.53 Å². The average Bonchev–Trinajstić information content (AvgIpc) is 3.05. The Kier molecular flexibility index (Phi) is 2.92. The highest BCUT2D eigenvalue weighted by molar-refractivity contribution is 5.90. The minimum atomic E-state index is -0.327. The van der Waals surface area contributed by atoms with E-state index in [0.29, 0.717) is 12.0 Å². The Hall–Kier alpha value is -2.35. The molecule has 19 heavy (non-hydrogen) atoms. The van der Waals surface area contributed by atoms with E-state index >= 15 is 0 Å².